The summed E-state index contributed by atoms with van der Waals surface area (Å²) in [5, 5.41) is 3.00. The van der Waals surface area contributed by atoms with Crippen molar-refractivity contribution in [2.24, 2.45) is 0 Å². The van der Waals surface area contributed by atoms with Gasteiger partial charge in [0.2, 0.25) is 5.88 Å². The molecule has 0 saturated heterocycles. The predicted octanol–water partition coefficient (Wildman–Crippen LogP) is 0.627. The molecule has 0 aliphatic carbocycles. The van der Waals surface area contributed by atoms with Crippen LogP contribution in [0.5, 0.6) is 5.88 Å². The fraction of sp³-hybridized carbons (Fsp3) is 0.333. The first-order valence-corrected chi connectivity index (χ1v) is 4.09. The summed E-state index contributed by atoms with van der Waals surface area (Å²) < 4.78 is 4.97. The molecular formula is C9H10N2O2. The number of fused-ring (bicyclic) bond motifs is 1. The van der Waals surface area contributed by atoms with Gasteiger partial charge in [-0.2, -0.15) is 0 Å². The fourth-order valence-corrected chi connectivity index (χ4v) is 1.33. The van der Waals surface area contributed by atoms with Gasteiger partial charge in [0, 0.05) is 6.07 Å². The minimum Gasteiger partial charge on any atom is -0.481 e. The Bertz CT molecular complexity index is 349. The van der Waals surface area contributed by atoms with Gasteiger partial charge in [0.1, 0.15) is 0 Å². The van der Waals surface area contributed by atoms with Gasteiger partial charge >= 0.3 is 0 Å². The molecule has 0 bridgehead atoms. The van der Waals surface area contributed by atoms with E-state index in [1.54, 1.807) is 13.2 Å². The smallest absolute Gasteiger partial charge is 0.213 e. The minimum absolute atomic E-state index is 0.160. The Balaban J connectivity index is 2.38. The Kier molecular flexibility index (Phi) is 1.88. The largest absolute Gasteiger partial charge is 0.481 e. The molecule has 1 aliphatic heterocycles. The zero-order valence-electron chi connectivity index (χ0n) is 7.33. The van der Waals surface area contributed by atoms with Crippen molar-refractivity contribution in [3.05, 3.63) is 17.8 Å². The summed E-state index contributed by atoms with van der Waals surface area (Å²) in [6, 6.07) is 3.66. The van der Waals surface area contributed by atoms with Gasteiger partial charge in [0.25, 0.3) is 0 Å². The zero-order chi connectivity index (χ0) is 9.26. The number of aromatic nitrogens is 1. The van der Waals surface area contributed by atoms with Gasteiger partial charge in [-0.05, 0) is 6.07 Å². The summed E-state index contributed by atoms with van der Waals surface area (Å²) in [6.07, 6.45) is 0.402. The lowest BCUT2D eigenvalue weighted by Gasteiger charge is -2.16. The van der Waals surface area contributed by atoms with Crippen LogP contribution < -0.4 is 10.1 Å². The minimum atomic E-state index is 0.160. The third-order valence-corrected chi connectivity index (χ3v) is 2.00. The first kappa shape index (κ1) is 8.04. The quantitative estimate of drug-likeness (QED) is 0.685. The molecule has 0 fully saturated rings. The Morgan fingerprint density at radius 2 is 2.38 bits per heavy atom. The van der Waals surface area contributed by atoms with Crippen molar-refractivity contribution >= 4 is 11.5 Å². The average Bonchev–Trinajstić information content (AvgIpc) is 2.16. The highest BCUT2D eigenvalue weighted by Crippen LogP contribution is 2.21. The number of methoxy groups -OCH3 is 1. The van der Waals surface area contributed by atoms with E-state index in [1.807, 2.05) is 6.07 Å². The highest BCUT2D eigenvalue weighted by Gasteiger charge is 2.16. The highest BCUT2D eigenvalue weighted by molar-refractivity contribution is 5.88. The zero-order valence-corrected chi connectivity index (χ0v) is 7.33. The first-order chi connectivity index (χ1) is 6.29. The number of hydrogen-bond acceptors (Lipinski definition) is 4. The number of carbonyl (C=O) groups excluding carboxylic acids is 1. The van der Waals surface area contributed by atoms with Crippen molar-refractivity contribution in [3.63, 3.8) is 0 Å². The van der Waals surface area contributed by atoms with Gasteiger partial charge in [-0.15, -0.1) is 0 Å². The van der Waals surface area contributed by atoms with Crippen LogP contribution in [0.25, 0.3) is 0 Å². The molecule has 1 aromatic heterocycles. The molecule has 1 N–H and O–H groups in total. The molecule has 1 aromatic rings. The summed E-state index contributed by atoms with van der Waals surface area (Å²) >= 11 is 0. The lowest BCUT2D eigenvalue weighted by atomic mass is 10.1. The molecule has 68 valence electrons. The number of hydrogen-bond donors (Lipinski definition) is 1. The molecule has 0 amide bonds. The predicted molar refractivity (Wildman–Crippen MR) is 48.0 cm³/mol. The Labute approximate surface area is 75.9 Å². The molecule has 0 saturated carbocycles. The topological polar surface area (TPSA) is 51.2 Å². The number of ether oxygens (including phenoxy) is 1. The summed E-state index contributed by atoms with van der Waals surface area (Å²) in [4.78, 5) is 15.3. The van der Waals surface area contributed by atoms with Crippen LogP contribution in [0.3, 0.4) is 0 Å². The van der Waals surface area contributed by atoms with Gasteiger partial charge in [-0.25, -0.2) is 4.98 Å². The molecule has 0 aromatic carbocycles. The standard InChI is InChI=1S/C9H10N2O2/c1-13-9-3-2-7-8(11-9)4-6(12)5-10-7/h2-3,10H,4-5H2,1H3. The van der Waals surface area contributed by atoms with E-state index in [0.29, 0.717) is 18.8 Å². The number of rotatable bonds is 1. The number of carbonyl (C=O) groups is 1. The van der Waals surface area contributed by atoms with Gasteiger partial charge in [0.15, 0.2) is 5.78 Å². The molecule has 2 heterocycles. The van der Waals surface area contributed by atoms with Crippen LogP contribution in [0.15, 0.2) is 12.1 Å². The maximum absolute atomic E-state index is 11.1. The third-order valence-electron chi connectivity index (χ3n) is 2.00. The van der Waals surface area contributed by atoms with E-state index in [9.17, 15) is 4.79 Å². The van der Waals surface area contributed by atoms with Crippen LogP contribution in [0.4, 0.5) is 5.69 Å². The van der Waals surface area contributed by atoms with Gasteiger partial charge in [-0.3, -0.25) is 4.79 Å². The van der Waals surface area contributed by atoms with Crippen LogP contribution >= 0.6 is 0 Å². The summed E-state index contributed by atoms with van der Waals surface area (Å²) in [5.74, 6) is 0.712. The van der Waals surface area contributed by atoms with Crippen molar-refractivity contribution in [2.45, 2.75) is 6.42 Å². The molecule has 0 spiro atoms. The van der Waals surface area contributed by atoms with Crippen LogP contribution in [-0.2, 0) is 11.2 Å². The monoisotopic (exact) mass is 178 g/mol. The number of anilines is 1. The van der Waals surface area contributed by atoms with E-state index in [0.717, 1.165) is 11.4 Å². The van der Waals surface area contributed by atoms with Gasteiger partial charge in [0.05, 0.1) is 31.5 Å². The molecular weight excluding hydrogens is 168 g/mol. The normalized spacial score (nSPS) is 14.7. The van der Waals surface area contributed by atoms with E-state index in [-0.39, 0.29) is 5.78 Å². The van der Waals surface area contributed by atoms with Crippen molar-refractivity contribution in [1.82, 2.24) is 4.98 Å². The van der Waals surface area contributed by atoms with Crippen molar-refractivity contribution in [3.8, 4) is 5.88 Å². The number of nitrogens with zero attached hydrogens (tertiary/aromatic N) is 1. The maximum atomic E-state index is 11.1. The van der Waals surface area contributed by atoms with E-state index in [4.69, 9.17) is 4.74 Å². The van der Waals surface area contributed by atoms with E-state index in [1.165, 1.54) is 0 Å². The van der Waals surface area contributed by atoms with E-state index < -0.39 is 0 Å². The summed E-state index contributed by atoms with van der Waals surface area (Å²) in [6.45, 7) is 0.404. The molecule has 13 heavy (non-hydrogen) atoms. The van der Waals surface area contributed by atoms with Crippen molar-refractivity contribution < 1.29 is 9.53 Å². The number of nitrogens with one attached hydrogen (secondary N) is 1. The maximum Gasteiger partial charge on any atom is 0.213 e. The lowest BCUT2D eigenvalue weighted by Crippen LogP contribution is -2.23. The molecule has 1 aliphatic rings. The Morgan fingerprint density at radius 3 is 3.15 bits per heavy atom. The second-order valence-corrected chi connectivity index (χ2v) is 2.92. The molecule has 0 unspecified atom stereocenters. The van der Waals surface area contributed by atoms with Gasteiger partial charge < -0.3 is 10.1 Å². The van der Waals surface area contributed by atoms with Crippen LogP contribution in [-0.4, -0.2) is 24.4 Å². The number of ketones is 1. The van der Waals surface area contributed by atoms with Crippen molar-refractivity contribution in [1.29, 1.82) is 0 Å². The third kappa shape index (κ3) is 1.47. The van der Waals surface area contributed by atoms with Crippen LogP contribution in [0, 0.1) is 0 Å². The number of pyridine rings is 1. The van der Waals surface area contributed by atoms with E-state index >= 15 is 0 Å². The van der Waals surface area contributed by atoms with E-state index in [2.05, 4.69) is 10.3 Å². The highest BCUT2D eigenvalue weighted by atomic mass is 16.5. The van der Waals surface area contributed by atoms with Crippen LogP contribution in [0.2, 0.25) is 0 Å². The second-order valence-electron chi connectivity index (χ2n) is 2.92. The summed E-state index contributed by atoms with van der Waals surface area (Å²) in [7, 11) is 1.56. The molecule has 0 radical (unpaired) electrons. The number of Topliss-reactive ketones (excluding diaryl/α,β-unsaturated/α-hetero) is 1. The lowest BCUT2D eigenvalue weighted by molar-refractivity contribution is -0.117. The molecule has 2 rings (SSSR count). The van der Waals surface area contributed by atoms with Gasteiger partial charge in [-0.1, -0.05) is 0 Å². The van der Waals surface area contributed by atoms with Crippen LogP contribution in [0.1, 0.15) is 5.69 Å². The molecule has 4 nitrogen and oxygen atoms in total. The second kappa shape index (κ2) is 3.05. The first-order valence-electron chi connectivity index (χ1n) is 4.09. The average molecular weight is 178 g/mol. The Morgan fingerprint density at radius 1 is 1.54 bits per heavy atom. The SMILES string of the molecule is COc1ccc2c(n1)CC(=O)CN2. The fourth-order valence-electron chi connectivity index (χ4n) is 1.33. The van der Waals surface area contributed by atoms with Crippen molar-refractivity contribution in [2.75, 3.05) is 19.0 Å². The molecule has 0 atom stereocenters. The summed E-state index contributed by atoms with van der Waals surface area (Å²) in [5.41, 5.74) is 1.70. The molecule has 4 heteroatoms. The Hall–Kier alpha value is -1.58.